The van der Waals surface area contributed by atoms with Crippen LogP contribution in [-0.2, 0) is 0 Å². The minimum absolute atomic E-state index is 0.255. The predicted molar refractivity (Wildman–Crippen MR) is 94.6 cm³/mol. The van der Waals surface area contributed by atoms with E-state index < -0.39 is 0 Å². The molecule has 1 aromatic heterocycles. The van der Waals surface area contributed by atoms with Crippen LogP contribution in [0.25, 0.3) is 0 Å². The Balaban J connectivity index is 2.21. The van der Waals surface area contributed by atoms with Crippen LogP contribution in [0.5, 0.6) is 0 Å². The number of carbonyl (C=O) groups excluding carboxylic acids is 1. The molecular formula is C16H18Cl2N4O. The van der Waals surface area contributed by atoms with Gasteiger partial charge < -0.3 is 10.6 Å². The summed E-state index contributed by atoms with van der Waals surface area (Å²) in [6, 6.07) is 6.75. The molecule has 5 nitrogen and oxygen atoms in total. The van der Waals surface area contributed by atoms with Gasteiger partial charge in [0.1, 0.15) is 17.3 Å². The number of nitrogens with zero attached hydrogens (tertiary/aromatic N) is 2. The molecule has 7 heteroatoms. The summed E-state index contributed by atoms with van der Waals surface area (Å²) in [5.74, 6) is 0.789. The number of halogens is 2. The lowest BCUT2D eigenvalue weighted by molar-refractivity contribution is 0.102. The van der Waals surface area contributed by atoms with Gasteiger partial charge >= 0.3 is 0 Å². The molecule has 1 atom stereocenters. The molecule has 0 spiro atoms. The fourth-order valence-corrected chi connectivity index (χ4v) is 2.35. The number of aromatic nitrogens is 2. The highest BCUT2D eigenvalue weighted by Crippen LogP contribution is 2.25. The topological polar surface area (TPSA) is 66.9 Å². The maximum absolute atomic E-state index is 12.4. The quantitative estimate of drug-likeness (QED) is 0.827. The summed E-state index contributed by atoms with van der Waals surface area (Å²) in [6.45, 7) is 5.86. The summed E-state index contributed by atoms with van der Waals surface area (Å²) in [6.07, 6.45) is 0.949. The van der Waals surface area contributed by atoms with Gasteiger partial charge in [-0.25, -0.2) is 9.97 Å². The van der Waals surface area contributed by atoms with Gasteiger partial charge in [-0.2, -0.15) is 0 Å². The maximum Gasteiger partial charge on any atom is 0.274 e. The SMILES string of the molecule is CCC(C)Nc1cc(C(=O)Nc2ccc(Cl)cc2Cl)nc(C)n1. The fourth-order valence-electron chi connectivity index (χ4n) is 1.89. The number of anilines is 2. The van der Waals surface area contributed by atoms with Gasteiger partial charge in [0.25, 0.3) is 5.91 Å². The van der Waals surface area contributed by atoms with E-state index in [1.165, 1.54) is 0 Å². The predicted octanol–water partition coefficient (Wildman–Crippen LogP) is 4.55. The Labute approximate surface area is 145 Å². The summed E-state index contributed by atoms with van der Waals surface area (Å²) in [7, 11) is 0. The van der Waals surface area contributed by atoms with E-state index in [2.05, 4.69) is 27.5 Å². The van der Waals surface area contributed by atoms with Crippen molar-refractivity contribution < 1.29 is 4.79 Å². The van der Waals surface area contributed by atoms with E-state index in [9.17, 15) is 4.79 Å². The largest absolute Gasteiger partial charge is 0.368 e. The number of aryl methyl sites for hydroxylation is 1. The number of amides is 1. The van der Waals surface area contributed by atoms with E-state index in [4.69, 9.17) is 23.2 Å². The highest BCUT2D eigenvalue weighted by atomic mass is 35.5. The minimum Gasteiger partial charge on any atom is -0.368 e. The molecule has 1 heterocycles. The molecule has 0 aliphatic heterocycles. The van der Waals surface area contributed by atoms with Crippen molar-refractivity contribution in [3.63, 3.8) is 0 Å². The van der Waals surface area contributed by atoms with Gasteiger partial charge in [0, 0.05) is 17.1 Å². The third-order valence-corrected chi connectivity index (χ3v) is 3.80. The highest BCUT2D eigenvalue weighted by Gasteiger charge is 2.13. The molecule has 0 fully saturated rings. The van der Waals surface area contributed by atoms with Crippen molar-refractivity contribution in [2.24, 2.45) is 0 Å². The van der Waals surface area contributed by atoms with Gasteiger partial charge in [-0.15, -0.1) is 0 Å². The zero-order chi connectivity index (χ0) is 17.0. The number of hydrogen-bond donors (Lipinski definition) is 2. The summed E-state index contributed by atoms with van der Waals surface area (Å²) >= 11 is 11.9. The number of carbonyl (C=O) groups is 1. The van der Waals surface area contributed by atoms with E-state index in [1.54, 1.807) is 31.2 Å². The molecular weight excluding hydrogens is 335 g/mol. The smallest absolute Gasteiger partial charge is 0.274 e. The molecule has 1 aromatic carbocycles. The van der Waals surface area contributed by atoms with E-state index in [1.807, 2.05) is 6.92 Å². The maximum atomic E-state index is 12.4. The molecule has 2 aromatic rings. The van der Waals surface area contributed by atoms with Crippen LogP contribution in [0.1, 0.15) is 36.6 Å². The van der Waals surface area contributed by atoms with Gasteiger partial charge in [-0.3, -0.25) is 4.79 Å². The molecule has 0 saturated carbocycles. The van der Waals surface area contributed by atoms with E-state index in [0.717, 1.165) is 6.42 Å². The Morgan fingerprint density at radius 1 is 1.26 bits per heavy atom. The second-order valence-electron chi connectivity index (χ2n) is 5.22. The first-order valence-corrected chi connectivity index (χ1v) is 8.03. The average molecular weight is 353 g/mol. The molecule has 23 heavy (non-hydrogen) atoms. The molecule has 0 saturated heterocycles. The second-order valence-corrected chi connectivity index (χ2v) is 6.06. The lowest BCUT2D eigenvalue weighted by Crippen LogP contribution is -2.18. The third kappa shape index (κ3) is 4.81. The lowest BCUT2D eigenvalue weighted by atomic mass is 10.2. The molecule has 0 aliphatic rings. The zero-order valence-corrected chi connectivity index (χ0v) is 14.7. The highest BCUT2D eigenvalue weighted by molar-refractivity contribution is 6.36. The van der Waals surface area contributed by atoms with Crippen molar-refractivity contribution >= 4 is 40.6 Å². The van der Waals surface area contributed by atoms with Gasteiger partial charge in [0.15, 0.2) is 0 Å². The summed E-state index contributed by atoms with van der Waals surface area (Å²) < 4.78 is 0. The van der Waals surface area contributed by atoms with Gasteiger partial charge in [-0.1, -0.05) is 30.1 Å². The fraction of sp³-hybridized carbons (Fsp3) is 0.312. The number of rotatable bonds is 5. The van der Waals surface area contributed by atoms with Crippen molar-refractivity contribution in [2.45, 2.75) is 33.2 Å². The van der Waals surface area contributed by atoms with Crippen LogP contribution in [0.4, 0.5) is 11.5 Å². The first-order chi connectivity index (χ1) is 10.9. The van der Waals surface area contributed by atoms with Crippen molar-refractivity contribution in [3.05, 3.63) is 45.8 Å². The molecule has 1 amide bonds. The number of nitrogens with one attached hydrogen (secondary N) is 2. The monoisotopic (exact) mass is 352 g/mol. The van der Waals surface area contributed by atoms with Gasteiger partial charge in [0.2, 0.25) is 0 Å². The molecule has 0 bridgehead atoms. The molecule has 0 aliphatic carbocycles. The van der Waals surface area contributed by atoms with Crippen molar-refractivity contribution in [2.75, 3.05) is 10.6 Å². The summed E-state index contributed by atoms with van der Waals surface area (Å²) in [4.78, 5) is 20.9. The lowest BCUT2D eigenvalue weighted by Gasteiger charge is -2.13. The number of hydrogen-bond acceptors (Lipinski definition) is 4. The van der Waals surface area contributed by atoms with Crippen molar-refractivity contribution in [1.82, 2.24) is 9.97 Å². The average Bonchev–Trinajstić information content (AvgIpc) is 2.49. The van der Waals surface area contributed by atoms with Crippen LogP contribution >= 0.6 is 23.2 Å². The Hall–Kier alpha value is -1.85. The normalized spacial score (nSPS) is 11.9. The van der Waals surface area contributed by atoms with Crippen LogP contribution < -0.4 is 10.6 Å². The summed E-state index contributed by atoms with van der Waals surface area (Å²) in [5.41, 5.74) is 0.753. The first kappa shape index (κ1) is 17.5. The van der Waals surface area contributed by atoms with Crippen LogP contribution in [0.2, 0.25) is 10.0 Å². The number of benzene rings is 1. The van der Waals surface area contributed by atoms with E-state index >= 15 is 0 Å². The third-order valence-electron chi connectivity index (χ3n) is 3.26. The van der Waals surface area contributed by atoms with Crippen LogP contribution in [-0.4, -0.2) is 21.9 Å². The van der Waals surface area contributed by atoms with E-state index in [-0.39, 0.29) is 17.6 Å². The van der Waals surface area contributed by atoms with Crippen LogP contribution in [0.15, 0.2) is 24.3 Å². The standard InChI is InChI=1S/C16H18Cl2N4O/c1-4-9(2)19-15-8-14(20-10(3)21-15)16(23)22-13-6-5-11(17)7-12(13)18/h5-9H,4H2,1-3H3,(H,22,23)(H,19,20,21). The molecule has 2 N–H and O–H groups in total. The Bertz CT molecular complexity index is 721. The van der Waals surface area contributed by atoms with Crippen LogP contribution in [0, 0.1) is 6.92 Å². The first-order valence-electron chi connectivity index (χ1n) is 7.27. The molecule has 1 unspecified atom stereocenters. The molecule has 2 rings (SSSR count). The van der Waals surface area contributed by atoms with Crippen molar-refractivity contribution in [3.8, 4) is 0 Å². The Kier molecular flexibility index (Phi) is 5.80. The van der Waals surface area contributed by atoms with Gasteiger partial charge in [0.05, 0.1) is 10.7 Å². The Morgan fingerprint density at radius 3 is 2.65 bits per heavy atom. The van der Waals surface area contributed by atoms with E-state index in [0.29, 0.717) is 27.4 Å². The second kappa shape index (κ2) is 7.62. The van der Waals surface area contributed by atoms with Gasteiger partial charge in [-0.05, 0) is 38.5 Å². The van der Waals surface area contributed by atoms with Crippen LogP contribution in [0.3, 0.4) is 0 Å². The minimum atomic E-state index is -0.355. The molecule has 0 radical (unpaired) electrons. The Morgan fingerprint density at radius 2 is 2.00 bits per heavy atom. The zero-order valence-electron chi connectivity index (χ0n) is 13.2. The van der Waals surface area contributed by atoms with Crippen molar-refractivity contribution in [1.29, 1.82) is 0 Å². The summed E-state index contributed by atoms with van der Waals surface area (Å²) in [5, 5.41) is 6.84. The molecule has 122 valence electrons.